The van der Waals surface area contributed by atoms with E-state index in [0.717, 1.165) is 18.8 Å². The zero-order chi connectivity index (χ0) is 6.69. The molecule has 52 valence electrons. The van der Waals surface area contributed by atoms with Crippen LogP contribution in [0.15, 0.2) is 0 Å². The molecule has 0 amide bonds. The lowest BCUT2D eigenvalue weighted by Gasteiger charge is -2.03. The summed E-state index contributed by atoms with van der Waals surface area (Å²) in [6.07, 6.45) is 3.20. The molecule has 0 N–H and O–H groups in total. The van der Waals surface area contributed by atoms with E-state index in [2.05, 4.69) is 0 Å². The first-order chi connectivity index (χ1) is 4.33. The highest BCUT2D eigenvalue weighted by Crippen LogP contribution is 2.28. The van der Waals surface area contributed by atoms with E-state index in [9.17, 15) is 4.79 Å². The van der Waals surface area contributed by atoms with Crippen molar-refractivity contribution in [1.82, 2.24) is 0 Å². The second-order valence-electron chi connectivity index (χ2n) is 2.62. The summed E-state index contributed by atoms with van der Waals surface area (Å²) >= 11 is 0. The quantitative estimate of drug-likeness (QED) is 0.528. The molecule has 0 aliphatic heterocycles. The third-order valence-corrected chi connectivity index (χ3v) is 1.48. The van der Waals surface area contributed by atoms with Crippen molar-refractivity contribution in [3.63, 3.8) is 0 Å². The summed E-state index contributed by atoms with van der Waals surface area (Å²) in [6.45, 7) is 2.55. The second-order valence-corrected chi connectivity index (χ2v) is 2.62. The highest BCUT2D eigenvalue weighted by molar-refractivity contribution is 5.55. The smallest absolute Gasteiger partial charge is 0.148 e. The van der Waals surface area contributed by atoms with Crippen LogP contribution < -0.4 is 0 Å². The van der Waals surface area contributed by atoms with Gasteiger partial charge >= 0.3 is 0 Å². The van der Waals surface area contributed by atoms with Crippen molar-refractivity contribution in [3.05, 3.63) is 0 Å². The number of hydrogen-bond acceptors (Lipinski definition) is 2. The summed E-state index contributed by atoms with van der Waals surface area (Å²) in [5.41, 5.74) is 0. The summed E-state index contributed by atoms with van der Waals surface area (Å²) in [5.74, 6) is 0.757. The fourth-order valence-electron chi connectivity index (χ4n) is 0.612. The van der Waals surface area contributed by atoms with Crippen molar-refractivity contribution >= 4 is 6.29 Å². The van der Waals surface area contributed by atoms with Gasteiger partial charge in [0, 0.05) is 0 Å². The predicted octanol–water partition coefficient (Wildman–Crippen LogP) is 1.00. The summed E-state index contributed by atoms with van der Waals surface area (Å²) in [5, 5.41) is 0. The van der Waals surface area contributed by atoms with Gasteiger partial charge in [-0.25, -0.2) is 0 Å². The molecule has 2 nitrogen and oxygen atoms in total. The Morgan fingerprint density at radius 1 is 1.78 bits per heavy atom. The minimum Gasteiger partial charge on any atom is -0.371 e. The molecule has 1 fully saturated rings. The Hall–Kier alpha value is -0.370. The predicted molar refractivity (Wildman–Crippen MR) is 34.2 cm³/mol. The molecule has 0 spiro atoms. The molecule has 1 aliphatic rings. The molecule has 0 heterocycles. The maximum atomic E-state index is 10.0. The highest BCUT2D eigenvalue weighted by Gasteiger charge is 2.21. The van der Waals surface area contributed by atoms with Crippen LogP contribution in [0.5, 0.6) is 0 Å². The molecule has 0 aromatic carbocycles. The molecular weight excluding hydrogens is 116 g/mol. The second kappa shape index (κ2) is 2.97. The van der Waals surface area contributed by atoms with Gasteiger partial charge in [0.05, 0.1) is 6.61 Å². The Bertz CT molecular complexity index is 97.1. The van der Waals surface area contributed by atoms with E-state index in [4.69, 9.17) is 4.74 Å². The van der Waals surface area contributed by atoms with Crippen LogP contribution in [0.1, 0.15) is 19.8 Å². The first-order valence-corrected chi connectivity index (χ1v) is 3.40. The van der Waals surface area contributed by atoms with E-state index in [1.807, 2.05) is 0 Å². The Balaban J connectivity index is 1.95. The van der Waals surface area contributed by atoms with E-state index in [1.165, 1.54) is 12.8 Å². The normalized spacial score (nSPS) is 21.4. The van der Waals surface area contributed by atoms with Crippen LogP contribution in [-0.4, -0.2) is 19.0 Å². The van der Waals surface area contributed by atoms with E-state index in [1.54, 1.807) is 6.92 Å². The number of ether oxygens (including phenoxy) is 1. The number of carbonyl (C=O) groups is 1. The topological polar surface area (TPSA) is 26.3 Å². The fraction of sp³-hybridized carbons (Fsp3) is 0.857. The molecule has 1 atom stereocenters. The van der Waals surface area contributed by atoms with Gasteiger partial charge in [-0.3, -0.25) is 0 Å². The maximum absolute atomic E-state index is 10.0. The first kappa shape index (κ1) is 6.75. The fourth-order valence-corrected chi connectivity index (χ4v) is 0.612. The van der Waals surface area contributed by atoms with Gasteiger partial charge in [0.1, 0.15) is 12.4 Å². The van der Waals surface area contributed by atoms with Crippen LogP contribution in [0.3, 0.4) is 0 Å². The van der Waals surface area contributed by atoms with Crippen molar-refractivity contribution in [3.8, 4) is 0 Å². The van der Waals surface area contributed by atoms with E-state index in [-0.39, 0.29) is 6.10 Å². The number of carbonyl (C=O) groups excluding carboxylic acids is 1. The minimum atomic E-state index is -0.203. The third kappa shape index (κ3) is 2.61. The van der Waals surface area contributed by atoms with Gasteiger partial charge in [-0.1, -0.05) is 0 Å². The lowest BCUT2D eigenvalue weighted by Crippen LogP contribution is -2.10. The monoisotopic (exact) mass is 128 g/mol. The average molecular weight is 128 g/mol. The van der Waals surface area contributed by atoms with Gasteiger partial charge in [0.15, 0.2) is 0 Å². The van der Waals surface area contributed by atoms with Crippen molar-refractivity contribution in [2.45, 2.75) is 25.9 Å². The molecule has 2 heteroatoms. The summed E-state index contributed by atoms with van der Waals surface area (Å²) in [4.78, 5) is 10.0. The lowest BCUT2D eigenvalue weighted by molar-refractivity contribution is -0.117. The van der Waals surface area contributed by atoms with Gasteiger partial charge in [-0.15, -0.1) is 0 Å². The summed E-state index contributed by atoms with van der Waals surface area (Å²) in [7, 11) is 0. The number of hydrogen-bond donors (Lipinski definition) is 0. The average Bonchev–Trinajstić information content (AvgIpc) is 2.65. The van der Waals surface area contributed by atoms with Gasteiger partial charge in [0.25, 0.3) is 0 Å². The van der Waals surface area contributed by atoms with Crippen molar-refractivity contribution < 1.29 is 9.53 Å². The Kier molecular flexibility index (Phi) is 2.22. The summed E-state index contributed by atoms with van der Waals surface area (Å²) < 4.78 is 5.15. The van der Waals surface area contributed by atoms with E-state index < -0.39 is 0 Å². The van der Waals surface area contributed by atoms with Crippen LogP contribution in [0.25, 0.3) is 0 Å². The third-order valence-electron chi connectivity index (χ3n) is 1.48. The molecule has 0 saturated heterocycles. The Labute approximate surface area is 55.2 Å². The zero-order valence-electron chi connectivity index (χ0n) is 5.67. The molecule has 0 bridgehead atoms. The molecule has 9 heavy (non-hydrogen) atoms. The van der Waals surface area contributed by atoms with E-state index in [0.29, 0.717) is 0 Å². The zero-order valence-corrected chi connectivity index (χ0v) is 5.67. The standard InChI is InChI=1S/C7H12O2/c1-6(4-8)9-5-7-2-3-7/h4,6-7H,2-3,5H2,1H3. The molecule has 1 saturated carbocycles. The number of rotatable bonds is 4. The molecule has 0 aromatic rings. The van der Waals surface area contributed by atoms with Gasteiger partial charge in [0.2, 0.25) is 0 Å². The summed E-state index contributed by atoms with van der Waals surface area (Å²) in [6, 6.07) is 0. The molecular formula is C7H12O2. The molecule has 0 aromatic heterocycles. The molecule has 1 unspecified atom stereocenters. The lowest BCUT2D eigenvalue weighted by atomic mass is 10.4. The van der Waals surface area contributed by atoms with Crippen LogP contribution in [0.4, 0.5) is 0 Å². The van der Waals surface area contributed by atoms with Gasteiger partial charge in [-0.05, 0) is 25.7 Å². The highest BCUT2D eigenvalue weighted by atomic mass is 16.5. The number of aldehydes is 1. The largest absolute Gasteiger partial charge is 0.371 e. The maximum Gasteiger partial charge on any atom is 0.148 e. The van der Waals surface area contributed by atoms with Crippen molar-refractivity contribution in [2.24, 2.45) is 5.92 Å². The van der Waals surface area contributed by atoms with Crippen LogP contribution in [-0.2, 0) is 9.53 Å². The van der Waals surface area contributed by atoms with Crippen molar-refractivity contribution in [2.75, 3.05) is 6.61 Å². The van der Waals surface area contributed by atoms with Crippen LogP contribution in [0.2, 0.25) is 0 Å². The SMILES string of the molecule is CC(C=O)OCC1CC1. The minimum absolute atomic E-state index is 0.203. The van der Waals surface area contributed by atoms with Crippen LogP contribution >= 0.6 is 0 Å². The molecule has 0 radical (unpaired) electrons. The van der Waals surface area contributed by atoms with Crippen molar-refractivity contribution in [1.29, 1.82) is 0 Å². The first-order valence-electron chi connectivity index (χ1n) is 3.40. The Morgan fingerprint density at radius 2 is 2.44 bits per heavy atom. The Morgan fingerprint density at radius 3 is 2.89 bits per heavy atom. The molecule has 1 aliphatic carbocycles. The van der Waals surface area contributed by atoms with E-state index >= 15 is 0 Å². The van der Waals surface area contributed by atoms with Gasteiger partial charge in [-0.2, -0.15) is 0 Å². The van der Waals surface area contributed by atoms with Crippen LogP contribution in [0, 0.1) is 5.92 Å². The molecule has 1 rings (SSSR count). The van der Waals surface area contributed by atoms with Gasteiger partial charge < -0.3 is 9.53 Å².